The van der Waals surface area contributed by atoms with Crippen molar-refractivity contribution in [1.82, 2.24) is 4.98 Å². The predicted molar refractivity (Wildman–Crippen MR) is 72.0 cm³/mol. The van der Waals surface area contributed by atoms with Crippen LogP contribution < -0.4 is 0 Å². The molecule has 0 saturated carbocycles. The smallest absolute Gasteiger partial charge is 0.182 e. The molecule has 1 heterocycles. The molecule has 0 spiro atoms. The largest absolute Gasteiger partial charge is 0.358 e. The molecule has 0 bridgehead atoms. The van der Waals surface area contributed by atoms with Gasteiger partial charge in [-0.1, -0.05) is 6.58 Å². The molecule has 0 fully saturated rings. The molecule has 2 N–H and O–H groups in total. The van der Waals surface area contributed by atoms with E-state index in [1.165, 1.54) is 0 Å². The molecular weight excluding hydrogens is 250 g/mol. The van der Waals surface area contributed by atoms with Gasteiger partial charge in [-0.15, -0.1) is 0 Å². The number of nitrogens with one attached hydrogen (secondary N) is 1. The maximum atomic E-state index is 10.9. The van der Waals surface area contributed by atoms with Gasteiger partial charge in [0.2, 0.25) is 0 Å². The van der Waals surface area contributed by atoms with E-state index < -0.39 is 11.1 Å². The number of carbonyl (C=O) groups excluding carboxylic acids is 1. The number of carbonyl (C=O) groups is 1. The molecule has 4 nitrogen and oxygen atoms in total. The summed E-state index contributed by atoms with van der Waals surface area (Å²) in [6.45, 7) is 5.48. The summed E-state index contributed by atoms with van der Waals surface area (Å²) in [5.74, 6) is 0. The first-order valence-corrected chi connectivity index (χ1v) is 6.48. The summed E-state index contributed by atoms with van der Waals surface area (Å²) in [6, 6.07) is 5.36. The number of benzene rings is 1. The lowest BCUT2D eigenvalue weighted by Gasteiger charge is -2.00. The van der Waals surface area contributed by atoms with Crippen LogP contribution in [0.3, 0.4) is 0 Å². The van der Waals surface area contributed by atoms with Crippen molar-refractivity contribution in [3.8, 4) is 0 Å². The number of aryl methyl sites for hydroxylation is 1. The highest BCUT2D eigenvalue weighted by atomic mass is 32.2. The zero-order chi connectivity index (χ0) is 13.3. The Bertz CT molecular complexity index is 658. The molecule has 1 unspecified atom stereocenters. The number of fused-ring (bicyclic) bond motifs is 1. The Morgan fingerprint density at radius 2 is 2.28 bits per heavy atom. The van der Waals surface area contributed by atoms with Gasteiger partial charge in [-0.3, -0.25) is 4.79 Å². The van der Waals surface area contributed by atoms with Gasteiger partial charge in [0, 0.05) is 33.5 Å². The van der Waals surface area contributed by atoms with E-state index in [-0.39, 0.29) is 4.91 Å². The van der Waals surface area contributed by atoms with Crippen LogP contribution in [-0.4, -0.2) is 20.0 Å². The molecule has 2 aromatic rings. The monoisotopic (exact) mass is 263 g/mol. The first kappa shape index (κ1) is 12.7. The lowest BCUT2D eigenvalue weighted by Crippen LogP contribution is -1.97. The van der Waals surface area contributed by atoms with Gasteiger partial charge in [-0.05, 0) is 30.7 Å². The Kier molecular flexibility index (Phi) is 3.45. The fraction of sp³-hybridized carbons (Fsp3) is 0.154. The summed E-state index contributed by atoms with van der Waals surface area (Å²) >= 11 is -2.02. The van der Waals surface area contributed by atoms with E-state index in [9.17, 15) is 9.00 Å². The highest BCUT2D eigenvalue weighted by molar-refractivity contribution is 7.83. The van der Waals surface area contributed by atoms with Crippen LogP contribution in [0, 0.1) is 6.92 Å². The van der Waals surface area contributed by atoms with Crippen LogP contribution in [0.2, 0.25) is 0 Å². The molecule has 0 aliphatic heterocycles. The first-order valence-electron chi connectivity index (χ1n) is 5.38. The maximum absolute atomic E-state index is 10.9. The highest BCUT2D eigenvalue weighted by Crippen LogP contribution is 2.24. The van der Waals surface area contributed by atoms with Crippen LogP contribution in [0.15, 0.2) is 29.7 Å². The van der Waals surface area contributed by atoms with E-state index in [0.717, 1.165) is 28.4 Å². The molecule has 5 heteroatoms. The molecule has 0 saturated heterocycles. The van der Waals surface area contributed by atoms with Gasteiger partial charge < -0.3 is 9.54 Å². The van der Waals surface area contributed by atoms with Gasteiger partial charge in [0.25, 0.3) is 0 Å². The Balaban J connectivity index is 2.47. The third-order valence-corrected chi connectivity index (χ3v) is 3.58. The maximum Gasteiger partial charge on any atom is 0.182 e. The van der Waals surface area contributed by atoms with Crippen molar-refractivity contribution in [2.75, 3.05) is 0 Å². The minimum atomic E-state index is -2.02. The molecule has 18 heavy (non-hydrogen) atoms. The average molecular weight is 263 g/mol. The number of aromatic amines is 1. The molecule has 0 aliphatic carbocycles. The lowest BCUT2D eigenvalue weighted by atomic mass is 10.1. The molecule has 1 aromatic carbocycles. The van der Waals surface area contributed by atoms with Crippen LogP contribution in [0.25, 0.3) is 10.9 Å². The summed E-state index contributed by atoms with van der Waals surface area (Å²) < 4.78 is 19.8. The Hall–Kier alpha value is -1.72. The first-order chi connectivity index (χ1) is 8.52. The molecule has 1 aromatic heterocycles. The Labute approximate surface area is 107 Å². The van der Waals surface area contributed by atoms with Crippen LogP contribution in [-0.2, 0) is 17.5 Å². The minimum Gasteiger partial charge on any atom is -0.358 e. The third-order valence-electron chi connectivity index (χ3n) is 2.94. The molecule has 2 rings (SSSR count). The fourth-order valence-corrected chi connectivity index (χ4v) is 2.18. The standard InChI is InChI=1S/C13H13NO3S/c1-8(18(16)17)5-13-9(2)11-6-10(7-15)3-4-12(11)14-13/h3-4,6-7,14H,1,5H2,2H3,(H,16,17). The van der Waals surface area contributed by atoms with E-state index in [0.29, 0.717) is 12.0 Å². The van der Waals surface area contributed by atoms with E-state index in [1.54, 1.807) is 12.1 Å². The van der Waals surface area contributed by atoms with E-state index in [1.807, 2.05) is 13.0 Å². The third kappa shape index (κ3) is 2.27. The van der Waals surface area contributed by atoms with E-state index in [4.69, 9.17) is 4.55 Å². The van der Waals surface area contributed by atoms with Gasteiger partial charge in [-0.2, -0.15) is 0 Å². The second-order valence-corrected chi connectivity index (χ2v) is 5.19. The van der Waals surface area contributed by atoms with Gasteiger partial charge in [-0.25, -0.2) is 4.21 Å². The molecule has 1 atom stereocenters. The van der Waals surface area contributed by atoms with Gasteiger partial charge >= 0.3 is 0 Å². The summed E-state index contributed by atoms with van der Waals surface area (Å²) in [5, 5.41) is 0.950. The summed E-state index contributed by atoms with van der Waals surface area (Å²) in [7, 11) is 0. The topological polar surface area (TPSA) is 70.2 Å². The van der Waals surface area contributed by atoms with Gasteiger partial charge in [0.05, 0.1) is 0 Å². The van der Waals surface area contributed by atoms with Crippen molar-refractivity contribution < 1.29 is 13.6 Å². The van der Waals surface area contributed by atoms with Crippen LogP contribution in [0.1, 0.15) is 21.6 Å². The minimum absolute atomic E-state index is 0.250. The molecule has 94 valence electrons. The van der Waals surface area contributed by atoms with Crippen molar-refractivity contribution in [3.05, 3.63) is 46.5 Å². The molecule has 0 aliphatic rings. The second-order valence-electron chi connectivity index (χ2n) is 4.12. The van der Waals surface area contributed by atoms with Crippen molar-refractivity contribution in [2.24, 2.45) is 0 Å². The Morgan fingerprint density at radius 3 is 2.89 bits per heavy atom. The molecule has 0 amide bonds. The molecular formula is C13H13NO3S. The highest BCUT2D eigenvalue weighted by Gasteiger charge is 2.11. The quantitative estimate of drug-likeness (QED) is 0.658. The van der Waals surface area contributed by atoms with E-state index >= 15 is 0 Å². The summed E-state index contributed by atoms with van der Waals surface area (Å²) in [4.78, 5) is 14.2. The number of aromatic nitrogens is 1. The number of allylic oxidation sites excluding steroid dienone is 1. The number of H-pyrrole nitrogens is 1. The van der Waals surface area contributed by atoms with Crippen molar-refractivity contribution in [1.29, 1.82) is 0 Å². The summed E-state index contributed by atoms with van der Waals surface area (Å²) in [6.07, 6.45) is 1.12. The number of hydrogen-bond acceptors (Lipinski definition) is 2. The van der Waals surface area contributed by atoms with E-state index in [2.05, 4.69) is 11.6 Å². The normalized spacial score (nSPS) is 12.6. The predicted octanol–water partition coefficient (Wildman–Crippen LogP) is 2.57. The zero-order valence-electron chi connectivity index (χ0n) is 9.90. The van der Waals surface area contributed by atoms with Crippen LogP contribution in [0.4, 0.5) is 0 Å². The Morgan fingerprint density at radius 1 is 1.56 bits per heavy atom. The zero-order valence-corrected chi connectivity index (χ0v) is 10.7. The number of rotatable bonds is 4. The van der Waals surface area contributed by atoms with Crippen LogP contribution in [0.5, 0.6) is 0 Å². The van der Waals surface area contributed by atoms with Crippen molar-refractivity contribution in [2.45, 2.75) is 13.3 Å². The lowest BCUT2D eigenvalue weighted by molar-refractivity contribution is 0.112. The molecule has 0 radical (unpaired) electrons. The van der Waals surface area contributed by atoms with Crippen molar-refractivity contribution in [3.63, 3.8) is 0 Å². The second kappa shape index (κ2) is 4.88. The van der Waals surface area contributed by atoms with Gasteiger partial charge in [0.1, 0.15) is 6.29 Å². The number of aldehydes is 1. The van der Waals surface area contributed by atoms with Crippen LogP contribution >= 0.6 is 0 Å². The summed E-state index contributed by atoms with van der Waals surface area (Å²) in [5.41, 5.74) is 3.34. The average Bonchev–Trinajstić information content (AvgIpc) is 2.66. The number of hydrogen-bond donors (Lipinski definition) is 2. The fourth-order valence-electron chi connectivity index (χ4n) is 1.91. The van der Waals surface area contributed by atoms with Crippen molar-refractivity contribution >= 4 is 28.3 Å². The SMILES string of the molecule is C=C(Cc1[nH]c2ccc(C=O)cc2c1C)S(=O)O. The van der Waals surface area contributed by atoms with Gasteiger partial charge in [0.15, 0.2) is 11.1 Å².